The van der Waals surface area contributed by atoms with Gasteiger partial charge in [-0.3, -0.25) is 5.10 Å². The van der Waals surface area contributed by atoms with E-state index in [-0.39, 0.29) is 12.4 Å². The number of anilines is 1. The predicted molar refractivity (Wildman–Crippen MR) is 35.3 cm³/mol. The number of hydrogen-bond donors (Lipinski definition) is 2. The number of halogens is 2. The molecular weight excluding hydrogens is 149 g/mol. The lowest BCUT2D eigenvalue weighted by Gasteiger charge is -1.75. The molecule has 0 bridgehead atoms. The maximum Gasteiger partial charge on any atom is 0.173 e. The van der Waals surface area contributed by atoms with E-state index in [1.807, 2.05) is 0 Å². The van der Waals surface area contributed by atoms with Crippen LogP contribution in [-0.2, 0) is 0 Å². The van der Waals surface area contributed by atoms with Crippen molar-refractivity contribution in [2.45, 2.75) is 0 Å². The van der Waals surface area contributed by atoms with Crippen LogP contribution in [0.25, 0.3) is 0 Å². The van der Waals surface area contributed by atoms with Crippen LogP contribution >= 0.6 is 24.0 Å². The van der Waals surface area contributed by atoms with Gasteiger partial charge in [0.15, 0.2) is 5.15 Å². The van der Waals surface area contributed by atoms with E-state index in [4.69, 9.17) is 17.3 Å². The lowest BCUT2D eigenvalue weighted by Crippen LogP contribution is -1.78. The summed E-state index contributed by atoms with van der Waals surface area (Å²) >= 11 is 5.36. The van der Waals surface area contributed by atoms with E-state index in [1.165, 1.54) is 6.20 Å². The van der Waals surface area contributed by atoms with E-state index in [0.29, 0.717) is 10.8 Å². The largest absolute Gasteiger partial charge is 0.395 e. The molecule has 0 amide bonds. The number of rotatable bonds is 0. The molecule has 1 aromatic rings. The topological polar surface area (TPSA) is 54.7 Å². The quantitative estimate of drug-likeness (QED) is 0.587. The number of H-pyrrole nitrogens is 1. The van der Waals surface area contributed by atoms with Gasteiger partial charge in [0.05, 0.1) is 5.69 Å². The van der Waals surface area contributed by atoms with Gasteiger partial charge in [0.25, 0.3) is 0 Å². The Labute approximate surface area is 57.6 Å². The molecule has 0 atom stereocenters. The van der Waals surface area contributed by atoms with Gasteiger partial charge in [-0.1, -0.05) is 11.6 Å². The van der Waals surface area contributed by atoms with Crippen LogP contribution in [-0.4, -0.2) is 10.2 Å². The van der Waals surface area contributed by atoms with Crippen LogP contribution in [0.3, 0.4) is 0 Å². The second kappa shape index (κ2) is 2.79. The first-order valence-electron chi connectivity index (χ1n) is 1.75. The van der Waals surface area contributed by atoms with Crippen LogP contribution in [0.2, 0.25) is 5.15 Å². The highest BCUT2D eigenvalue weighted by atomic mass is 35.5. The van der Waals surface area contributed by atoms with Crippen LogP contribution in [0, 0.1) is 0 Å². The maximum atomic E-state index is 5.36. The van der Waals surface area contributed by atoms with Gasteiger partial charge in [-0.25, -0.2) is 0 Å². The number of aromatic nitrogens is 2. The molecule has 3 nitrogen and oxygen atoms in total. The summed E-state index contributed by atoms with van der Waals surface area (Å²) in [6.45, 7) is 0. The molecule has 8 heavy (non-hydrogen) atoms. The van der Waals surface area contributed by atoms with E-state index >= 15 is 0 Å². The first kappa shape index (κ1) is 7.59. The fourth-order valence-electron chi connectivity index (χ4n) is 0.283. The number of nitrogens with two attached hydrogens (primary N) is 1. The lowest BCUT2D eigenvalue weighted by atomic mass is 10.6. The van der Waals surface area contributed by atoms with Gasteiger partial charge in [0.2, 0.25) is 0 Å². The molecule has 1 rings (SSSR count). The molecule has 0 saturated carbocycles. The third kappa shape index (κ3) is 1.28. The van der Waals surface area contributed by atoms with Crippen LogP contribution in [0.1, 0.15) is 0 Å². The zero-order valence-corrected chi connectivity index (χ0v) is 5.46. The Morgan fingerprint density at radius 1 is 1.75 bits per heavy atom. The Morgan fingerprint density at radius 3 is 2.50 bits per heavy atom. The van der Waals surface area contributed by atoms with E-state index < -0.39 is 0 Å². The van der Waals surface area contributed by atoms with Crippen molar-refractivity contribution >= 4 is 29.7 Å². The van der Waals surface area contributed by atoms with Crippen LogP contribution in [0.4, 0.5) is 5.69 Å². The van der Waals surface area contributed by atoms with Crippen molar-refractivity contribution < 1.29 is 0 Å². The molecule has 46 valence electrons. The Hall–Kier alpha value is -0.410. The molecule has 0 aromatic carbocycles. The predicted octanol–water partition coefficient (Wildman–Crippen LogP) is 1.07. The molecule has 0 spiro atoms. The van der Waals surface area contributed by atoms with Gasteiger partial charge < -0.3 is 5.73 Å². The molecule has 0 radical (unpaired) electrons. The maximum absolute atomic E-state index is 5.36. The fraction of sp³-hybridized carbons (Fsp3) is 0. The fourth-order valence-corrected chi connectivity index (χ4v) is 0.386. The van der Waals surface area contributed by atoms with Crippen molar-refractivity contribution in [3.05, 3.63) is 11.3 Å². The normalized spacial score (nSPS) is 8.12. The second-order valence-electron chi connectivity index (χ2n) is 1.13. The summed E-state index contributed by atoms with van der Waals surface area (Å²) in [6, 6.07) is 0. The van der Waals surface area contributed by atoms with E-state index in [9.17, 15) is 0 Å². The molecule has 0 aliphatic carbocycles. The molecule has 3 N–H and O–H groups in total. The summed E-state index contributed by atoms with van der Waals surface area (Å²) in [7, 11) is 0. The summed E-state index contributed by atoms with van der Waals surface area (Å²) in [6.07, 6.45) is 1.53. The summed E-state index contributed by atoms with van der Waals surface area (Å²) in [5.41, 5.74) is 5.70. The van der Waals surface area contributed by atoms with Crippen molar-refractivity contribution in [2.75, 3.05) is 5.73 Å². The Kier molecular flexibility index (Phi) is 2.65. The van der Waals surface area contributed by atoms with E-state index in [0.717, 1.165) is 0 Å². The van der Waals surface area contributed by atoms with Crippen molar-refractivity contribution in [3.8, 4) is 0 Å². The van der Waals surface area contributed by atoms with Crippen molar-refractivity contribution in [3.63, 3.8) is 0 Å². The SMILES string of the molecule is Cl.Nc1c[nH]nc1Cl. The third-order valence-electron chi connectivity index (χ3n) is 0.621. The molecule has 0 unspecified atom stereocenters. The number of nitrogen functional groups attached to an aromatic ring is 1. The highest BCUT2D eigenvalue weighted by molar-refractivity contribution is 6.31. The molecule has 1 aromatic heterocycles. The Balaban J connectivity index is 0.000000490. The van der Waals surface area contributed by atoms with Gasteiger partial charge in [-0.2, -0.15) is 5.10 Å². The van der Waals surface area contributed by atoms with Gasteiger partial charge in [0, 0.05) is 6.20 Å². The highest BCUT2D eigenvalue weighted by Crippen LogP contribution is 2.10. The summed E-state index contributed by atoms with van der Waals surface area (Å²) in [5.74, 6) is 0. The standard InChI is InChI=1S/C3H4ClN3.ClH/c4-3-2(5)1-6-7-3;/h1H,5H2,(H,6,7);1H. The zero-order valence-electron chi connectivity index (χ0n) is 3.89. The minimum Gasteiger partial charge on any atom is -0.395 e. The van der Waals surface area contributed by atoms with E-state index in [2.05, 4.69) is 10.2 Å². The Bertz CT molecular complexity index is 145. The number of nitrogens with zero attached hydrogens (tertiary/aromatic N) is 1. The first-order chi connectivity index (χ1) is 3.30. The average Bonchev–Trinajstić information content (AvgIpc) is 1.91. The third-order valence-corrected chi connectivity index (χ3v) is 0.924. The van der Waals surface area contributed by atoms with Crippen LogP contribution < -0.4 is 5.73 Å². The van der Waals surface area contributed by atoms with Gasteiger partial charge in [0.1, 0.15) is 0 Å². The van der Waals surface area contributed by atoms with Gasteiger partial charge in [-0.15, -0.1) is 12.4 Å². The first-order valence-corrected chi connectivity index (χ1v) is 2.13. The number of hydrogen-bond acceptors (Lipinski definition) is 2. The molecule has 0 aliphatic rings. The smallest absolute Gasteiger partial charge is 0.173 e. The van der Waals surface area contributed by atoms with Crippen molar-refractivity contribution in [1.82, 2.24) is 10.2 Å². The zero-order chi connectivity index (χ0) is 5.28. The lowest BCUT2D eigenvalue weighted by molar-refractivity contribution is 1.09. The van der Waals surface area contributed by atoms with Crippen LogP contribution in [0.15, 0.2) is 6.20 Å². The summed E-state index contributed by atoms with van der Waals surface area (Å²) in [4.78, 5) is 0. The minimum atomic E-state index is 0. The average molecular weight is 154 g/mol. The highest BCUT2D eigenvalue weighted by Gasteiger charge is 1.91. The monoisotopic (exact) mass is 153 g/mol. The van der Waals surface area contributed by atoms with Crippen molar-refractivity contribution in [1.29, 1.82) is 0 Å². The molecular formula is C3H5Cl2N3. The van der Waals surface area contributed by atoms with Gasteiger partial charge in [-0.05, 0) is 0 Å². The molecule has 5 heteroatoms. The molecule has 1 heterocycles. The number of nitrogens with one attached hydrogen (secondary N) is 1. The molecule has 0 aliphatic heterocycles. The minimum absolute atomic E-state index is 0. The molecule has 0 saturated heterocycles. The summed E-state index contributed by atoms with van der Waals surface area (Å²) < 4.78 is 0. The van der Waals surface area contributed by atoms with Crippen LogP contribution in [0.5, 0.6) is 0 Å². The summed E-state index contributed by atoms with van der Waals surface area (Å²) in [5, 5.41) is 6.36. The van der Waals surface area contributed by atoms with Gasteiger partial charge >= 0.3 is 0 Å². The van der Waals surface area contributed by atoms with E-state index in [1.54, 1.807) is 0 Å². The Morgan fingerprint density at radius 2 is 2.38 bits per heavy atom. The second-order valence-corrected chi connectivity index (χ2v) is 1.49. The number of aromatic amines is 1. The molecule has 0 fully saturated rings. The van der Waals surface area contributed by atoms with Crippen molar-refractivity contribution in [2.24, 2.45) is 0 Å².